The molecule has 7 rings (SSSR count). The number of nitrogens with two attached hydrogens (primary N) is 2. The van der Waals surface area contributed by atoms with E-state index in [-0.39, 0.29) is 36.2 Å². The molecule has 2 aliphatic heterocycles. The number of phosphoric acid groups is 1. The number of ether oxygens (including phenoxy) is 4. The number of hydrogen-bond acceptors (Lipinski definition) is 20. The van der Waals surface area contributed by atoms with Gasteiger partial charge in [-0.25, -0.2) is 23.6 Å². The second-order valence-electron chi connectivity index (χ2n) is 20.4. The summed E-state index contributed by atoms with van der Waals surface area (Å²) in [5.41, 5.74) is 8.36. The molecule has 2 saturated heterocycles. The Kier molecular flexibility index (Phi) is 22.0. The van der Waals surface area contributed by atoms with Gasteiger partial charge in [-0.15, -0.1) is 0 Å². The number of anilines is 2. The van der Waals surface area contributed by atoms with Crippen molar-refractivity contribution in [3.05, 3.63) is 48.3 Å². The van der Waals surface area contributed by atoms with Crippen molar-refractivity contribution in [1.29, 1.82) is 10.5 Å². The largest absolute Gasteiger partial charge is 0.475 e. The highest BCUT2D eigenvalue weighted by molar-refractivity contribution is 7.48. The molecule has 414 valence electrons. The number of phosphoric ester groups is 1. The third kappa shape index (κ3) is 14.4. The molecule has 3 fully saturated rings. The third-order valence-electron chi connectivity index (χ3n) is 14.9. The Hall–Kier alpha value is -4.39. The fourth-order valence-corrected chi connectivity index (χ4v) is 11.7. The Morgan fingerprint density at radius 3 is 1.57 bits per heavy atom. The number of aromatic nitrogens is 6. The van der Waals surface area contributed by atoms with Crippen molar-refractivity contribution in [3.63, 3.8) is 0 Å². The molecule has 0 spiro atoms. The van der Waals surface area contributed by atoms with Gasteiger partial charge in [-0.2, -0.15) is 20.7 Å². The van der Waals surface area contributed by atoms with Crippen LogP contribution >= 0.6 is 7.82 Å². The fraction of sp³-hybridized carbons (Fsp3) is 0.731. The predicted molar refractivity (Wildman–Crippen MR) is 275 cm³/mol. The van der Waals surface area contributed by atoms with E-state index in [4.69, 9.17) is 44.0 Å². The summed E-state index contributed by atoms with van der Waals surface area (Å²) < 4.78 is 59.9. The molecule has 4 aromatic rings. The van der Waals surface area contributed by atoms with Crippen molar-refractivity contribution in [2.45, 2.75) is 196 Å². The second kappa shape index (κ2) is 28.3. The van der Waals surface area contributed by atoms with E-state index >= 15 is 0 Å². The lowest BCUT2D eigenvalue weighted by Crippen LogP contribution is -2.41. The molecule has 3 aliphatic rings. The van der Waals surface area contributed by atoms with Crippen molar-refractivity contribution < 1.29 is 57.5 Å². The lowest BCUT2D eigenvalue weighted by Gasteiger charge is -2.27. The van der Waals surface area contributed by atoms with Crippen molar-refractivity contribution in [2.24, 2.45) is 5.92 Å². The number of hydrogen-bond donors (Lipinski definition) is 6. The Labute approximate surface area is 439 Å². The summed E-state index contributed by atoms with van der Waals surface area (Å²) >= 11 is 0. The molecule has 0 aromatic carbocycles. The molecular weight excluding hydrogens is 988 g/mol. The topological polar surface area (TPSA) is 323 Å². The van der Waals surface area contributed by atoms with Crippen LogP contribution in [0, 0.1) is 28.6 Å². The standard InChI is InChI=1S/C52H79N10O12P/c1-2-3-4-5-6-7-8-9-10-11-12-13-14-15-16-20-27-68-29-38(69-28-37-21-18-17-19-22-37)30-70-75(67,71-31-41-45(63)47(65)51(33-53,73-41)43-25-23-39-49(55)57-35-59-61(39)43)72-32-42-46(64)48(66)52(34-54,74-42)44-26-24-40-50(56)58-36-60-62(40)44/h23-26,35-38,41-42,45-48,63-66H,2-22,27-32H2,1H3,(H2,55,57,59)(H2,56,58,60)/t38-,41-,42-,45-,46-,47-,48-,51+,52+/m1/s1. The van der Waals surface area contributed by atoms with Crippen LogP contribution < -0.4 is 11.5 Å². The Balaban J connectivity index is 0.985. The lowest BCUT2D eigenvalue weighted by molar-refractivity contribution is -0.0812. The van der Waals surface area contributed by atoms with Crippen LogP contribution in [-0.2, 0) is 48.3 Å². The highest BCUT2D eigenvalue weighted by Crippen LogP contribution is 2.52. The zero-order valence-corrected chi connectivity index (χ0v) is 44.3. The summed E-state index contributed by atoms with van der Waals surface area (Å²) in [7, 11) is -4.85. The molecule has 6 heterocycles. The van der Waals surface area contributed by atoms with Gasteiger partial charge in [0, 0.05) is 13.2 Å². The summed E-state index contributed by atoms with van der Waals surface area (Å²) in [6.07, 6.45) is 16.9. The van der Waals surface area contributed by atoms with Crippen LogP contribution in [0.3, 0.4) is 0 Å². The molecule has 0 bridgehead atoms. The maximum absolute atomic E-state index is 14.9. The molecule has 9 atom stereocenters. The van der Waals surface area contributed by atoms with Gasteiger partial charge in [-0.05, 0) is 49.4 Å². The van der Waals surface area contributed by atoms with Crippen molar-refractivity contribution in [2.75, 3.05) is 51.1 Å². The Bertz CT molecular complexity index is 2390. The van der Waals surface area contributed by atoms with Crippen LogP contribution in [-0.4, -0.2) is 132 Å². The maximum Gasteiger partial charge on any atom is 0.475 e. The molecule has 0 amide bonds. The summed E-state index contributed by atoms with van der Waals surface area (Å²) in [4.78, 5) is 7.93. The normalized spacial score (nSPS) is 25.8. The second-order valence-corrected chi connectivity index (χ2v) is 22.0. The number of nitriles is 2. The van der Waals surface area contributed by atoms with Gasteiger partial charge in [0.15, 0.2) is 11.6 Å². The summed E-state index contributed by atoms with van der Waals surface area (Å²) in [6, 6.07) is 9.90. The molecule has 8 N–H and O–H groups in total. The van der Waals surface area contributed by atoms with Gasteiger partial charge in [0.25, 0.3) is 0 Å². The van der Waals surface area contributed by atoms with E-state index in [1.54, 1.807) is 0 Å². The first kappa shape index (κ1) is 58.3. The van der Waals surface area contributed by atoms with E-state index in [0.29, 0.717) is 30.2 Å². The van der Waals surface area contributed by atoms with Gasteiger partial charge < -0.3 is 50.8 Å². The number of nitrogens with zero attached hydrogens (tertiary/aromatic N) is 8. The number of nitrogen functional groups attached to an aromatic ring is 2. The summed E-state index contributed by atoms with van der Waals surface area (Å²) in [5.74, 6) is 0.508. The molecule has 22 nitrogen and oxygen atoms in total. The number of rotatable bonds is 33. The summed E-state index contributed by atoms with van der Waals surface area (Å²) in [6.45, 7) is 1.41. The minimum Gasteiger partial charge on any atom is -0.387 e. The number of fused-ring (bicyclic) bond motifs is 2. The average Bonchev–Trinajstić information content (AvgIpc) is 4.19. The highest BCUT2D eigenvalue weighted by Gasteiger charge is 2.59. The summed E-state index contributed by atoms with van der Waals surface area (Å²) in [5, 5.41) is 74.9. The Morgan fingerprint density at radius 2 is 1.12 bits per heavy atom. The van der Waals surface area contributed by atoms with Crippen LogP contribution in [0.15, 0.2) is 36.9 Å². The minimum absolute atomic E-state index is 0.0354. The zero-order valence-electron chi connectivity index (χ0n) is 43.4. The van der Waals surface area contributed by atoms with Gasteiger partial charge in [0.2, 0.25) is 11.2 Å². The fourth-order valence-electron chi connectivity index (χ4n) is 10.5. The molecule has 1 saturated carbocycles. The number of aliphatic hydroxyl groups excluding tert-OH is 4. The number of aliphatic hydroxyl groups is 4. The van der Waals surface area contributed by atoms with E-state index in [1.165, 1.54) is 117 Å². The third-order valence-corrected chi connectivity index (χ3v) is 16.3. The van der Waals surface area contributed by atoms with Gasteiger partial charge in [0.05, 0.1) is 37.8 Å². The monoisotopic (exact) mass is 1070 g/mol. The van der Waals surface area contributed by atoms with Crippen LogP contribution in [0.5, 0.6) is 0 Å². The Morgan fingerprint density at radius 1 is 0.667 bits per heavy atom. The zero-order chi connectivity index (χ0) is 53.3. The molecule has 23 heteroatoms. The van der Waals surface area contributed by atoms with Crippen LogP contribution in [0.4, 0.5) is 11.6 Å². The first-order chi connectivity index (χ1) is 36.4. The van der Waals surface area contributed by atoms with E-state index in [1.807, 2.05) is 12.1 Å². The van der Waals surface area contributed by atoms with Crippen LogP contribution in [0.25, 0.3) is 11.0 Å². The van der Waals surface area contributed by atoms with E-state index in [2.05, 4.69) is 27.1 Å². The lowest BCUT2D eigenvalue weighted by atomic mass is 9.90. The maximum atomic E-state index is 14.9. The smallest absolute Gasteiger partial charge is 0.387 e. The predicted octanol–water partition coefficient (Wildman–Crippen LogP) is 6.72. The van der Waals surface area contributed by atoms with Gasteiger partial charge >= 0.3 is 7.82 Å². The van der Waals surface area contributed by atoms with E-state index < -0.39 is 75.0 Å². The molecule has 4 aromatic heterocycles. The molecular formula is C52H79N10O12P. The molecule has 0 radical (unpaired) electrons. The SMILES string of the molecule is CCCCCCCCCCCCCCCCCCOC[C@H](COP(=O)(OC[C@H]1O[C@@](C#N)(c2ccc3c(N)ncnn23)[C@H](O)[C@@H]1O)OC[C@H]1O[C@@](C#N)(c2ccc3c(N)ncnn23)[C@H](O)[C@@H]1O)OCC1CCCCC1. The van der Waals surface area contributed by atoms with Crippen molar-refractivity contribution >= 4 is 30.5 Å². The molecule has 0 unspecified atom stereocenters. The van der Waals surface area contributed by atoms with Gasteiger partial charge in [-0.3, -0.25) is 13.6 Å². The first-order valence-corrected chi connectivity index (χ1v) is 28.7. The average molecular weight is 1070 g/mol. The van der Waals surface area contributed by atoms with Crippen LogP contribution in [0.1, 0.15) is 153 Å². The van der Waals surface area contributed by atoms with E-state index in [9.17, 15) is 35.5 Å². The van der Waals surface area contributed by atoms with E-state index in [0.717, 1.165) is 64.0 Å². The quantitative estimate of drug-likeness (QED) is 0.0213. The first-order valence-electron chi connectivity index (χ1n) is 27.2. The number of unbranched alkanes of at least 4 members (excludes halogenated alkanes) is 15. The minimum atomic E-state index is -4.85. The van der Waals surface area contributed by atoms with Crippen molar-refractivity contribution in [1.82, 2.24) is 29.2 Å². The molecule has 75 heavy (non-hydrogen) atoms. The van der Waals surface area contributed by atoms with Gasteiger partial charge in [0.1, 0.15) is 78.6 Å². The molecule has 1 aliphatic carbocycles. The van der Waals surface area contributed by atoms with Crippen LogP contribution in [0.2, 0.25) is 0 Å². The highest BCUT2D eigenvalue weighted by atomic mass is 31.2. The van der Waals surface area contributed by atoms with Crippen molar-refractivity contribution in [3.8, 4) is 12.1 Å². The van der Waals surface area contributed by atoms with Gasteiger partial charge in [-0.1, -0.05) is 122 Å².